The molecule has 16 heavy (non-hydrogen) atoms. The first kappa shape index (κ1) is 11.3. The average Bonchev–Trinajstić information content (AvgIpc) is 2.95. The smallest absolute Gasteiger partial charge is 0.406 e. The molecule has 1 fully saturated rings. The molecule has 0 bridgehead atoms. The lowest BCUT2D eigenvalue weighted by Crippen LogP contribution is -2.17. The lowest BCUT2D eigenvalue weighted by Gasteiger charge is -2.09. The highest BCUT2D eigenvalue weighted by atomic mass is 19.4. The fourth-order valence-corrected chi connectivity index (χ4v) is 1.83. The maximum atomic E-state index is 11.9. The summed E-state index contributed by atoms with van der Waals surface area (Å²) in [6.07, 6.45) is -3.60. The summed E-state index contributed by atoms with van der Waals surface area (Å²) in [5.74, 6) is 0.709. The second-order valence-electron chi connectivity index (χ2n) is 3.95. The third-order valence-electron chi connectivity index (χ3n) is 2.77. The molecule has 2 rings (SSSR count). The van der Waals surface area contributed by atoms with Crippen LogP contribution in [0.1, 0.15) is 17.9 Å². The first-order chi connectivity index (χ1) is 7.49. The van der Waals surface area contributed by atoms with E-state index in [0.717, 1.165) is 12.0 Å². The summed E-state index contributed by atoms with van der Waals surface area (Å²) >= 11 is 0. The van der Waals surface area contributed by atoms with Gasteiger partial charge in [0.25, 0.3) is 0 Å². The van der Waals surface area contributed by atoms with Crippen molar-refractivity contribution < 1.29 is 17.9 Å². The van der Waals surface area contributed by atoms with Crippen molar-refractivity contribution in [1.82, 2.24) is 0 Å². The van der Waals surface area contributed by atoms with Crippen LogP contribution in [-0.4, -0.2) is 12.9 Å². The summed E-state index contributed by atoms with van der Waals surface area (Å²) < 4.78 is 39.5. The SMILES string of the molecule is NC[C@@H]1C[C@H]1c1ccc(OC(F)(F)F)cc1. The van der Waals surface area contributed by atoms with Gasteiger partial charge in [0, 0.05) is 0 Å². The van der Waals surface area contributed by atoms with Gasteiger partial charge in [-0.3, -0.25) is 0 Å². The van der Waals surface area contributed by atoms with Crippen LogP contribution in [0.3, 0.4) is 0 Å². The fraction of sp³-hybridized carbons (Fsp3) is 0.455. The molecule has 1 aromatic carbocycles. The largest absolute Gasteiger partial charge is 0.573 e. The van der Waals surface area contributed by atoms with Crippen LogP contribution >= 0.6 is 0 Å². The van der Waals surface area contributed by atoms with Crippen molar-refractivity contribution in [3.63, 3.8) is 0 Å². The molecule has 0 spiro atoms. The molecule has 1 aliphatic rings. The minimum atomic E-state index is -4.62. The van der Waals surface area contributed by atoms with Crippen LogP contribution < -0.4 is 10.5 Å². The van der Waals surface area contributed by atoms with E-state index in [4.69, 9.17) is 5.73 Å². The summed E-state index contributed by atoms with van der Waals surface area (Å²) in [5.41, 5.74) is 6.53. The Hall–Kier alpha value is -1.23. The zero-order valence-electron chi connectivity index (χ0n) is 8.50. The third kappa shape index (κ3) is 2.66. The summed E-state index contributed by atoms with van der Waals surface area (Å²) in [4.78, 5) is 0. The second kappa shape index (κ2) is 3.97. The van der Waals surface area contributed by atoms with Crippen molar-refractivity contribution in [1.29, 1.82) is 0 Å². The predicted molar refractivity (Wildman–Crippen MR) is 53.0 cm³/mol. The van der Waals surface area contributed by atoms with Crippen molar-refractivity contribution in [3.05, 3.63) is 29.8 Å². The first-order valence-electron chi connectivity index (χ1n) is 5.05. The van der Waals surface area contributed by atoms with Crippen LogP contribution in [0, 0.1) is 5.92 Å². The number of hydrogen-bond acceptors (Lipinski definition) is 2. The molecule has 0 amide bonds. The fourth-order valence-electron chi connectivity index (χ4n) is 1.83. The normalized spacial score (nSPS) is 24.2. The van der Waals surface area contributed by atoms with E-state index in [1.807, 2.05) is 0 Å². The van der Waals surface area contributed by atoms with E-state index in [9.17, 15) is 13.2 Å². The van der Waals surface area contributed by atoms with Crippen molar-refractivity contribution in [2.45, 2.75) is 18.7 Å². The number of halogens is 3. The van der Waals surface area contributed by atoms with E-state index in [0.29, 0.717) is 18.4 Å². The maximum absolute atomic E-state index is 11.9. The van der Waals surface area contributed by atoms with Crippen LogP contribution in [0.25, 0.3) is 0 Å². The van der Waals surface area contributed by atoms with Gasteiger partial charge in [0.15, 0.2) is 0 Å². The summed E-state index contributed by atoms with van der Waals surface area (Å²) in [5, 5.41) is 0. The monoisotopic (exact) mass is 231 g/mol. The molecule has 2 atom stereocenters. The molecule has 0 aromatic heterocycles. The molecule has 0 unspecified atom stereocenters. The predicted octanol–water partition coefficient (Wildman–Crippen LogP) is 2.65. The second-order valence-corrected chi connectivity index (χ2v) is 3.95. The van der Waals surface area contributed by atoms with Crippen LogP contribution in [0.2, 0.25) is 0 Å². The Morgan fingerprint density at radius 1 is 1.25 bits per heavy atom. The van der Waals surface area contributed by atoms with Crippen molar-refractivity contribution in [3.8, 4) is 5.75 Å². The van der Waals surface area contributed by atoms with Crippen molar-refractivity contribution in [2.75, 3.05) is 6.54 Å². The van der Waals surface area contributed by atoms with Gasteiger partial charge in [-0.1, -0.05) is 12.1 Å². The Morgan fingerprint density at radius 2 is 1.88 bits per heavy atom. The van der Waals surface area contributed by atoms with Crippen LogP contribution in [0.15, 0.2) is 24.3 Å². The topological polar surface area (TPSA) is 35.2 Å². The number of hydrogen-bond donors (Lipinski definition) is 1. The molecule has 2 N–H and O–H groups in total. The Morgan fingerprint density at radius 3 is 2.31 bits per heavy atom. The van der Waals surface area contributed by atoms with E-state index in [2.05, 4.69) is 4.74 Å². The van der Waals surface area contributed by atoms with E-state index >= 15 is 0 Å². The first-order valence-corrected chi connectivity index (χ1v) is 5.05. The molecular weight excluding hydrogens is 219 g/mol. The molecule has 1 aromatic rings. The van der Waals surface area contributed by atoms with Gasteiger partial charge in [-0.05, 0) is 42.5 Å². The van der Waals surface area contributed by atoms with E-state index < -0.39 is 6.36 Å². The zero-order valence-corrected chi connectivity index (χ0v) is 8.50. The van der Waals surface area contributed by atoms with Gasteiger partial charge in [0.05, 0.1) is 0 Å². The van der Waals surface area contributed by atoms with Gasteiger partial charge >= 0.3 is 6.36 Å². The van der Waals surface area contributed by atoms with Gasteiger partial charge in [-0.2, -0.15) is 0 Å². The van der Waals surface area contributed by atoms with E-state index in [1.165, 1.54) is 12.1 Å². The summed E-state index contributed by atoms with van der Waals surface area (Å²) in [7, 11) is 0. The molecular formula is C11H12F3NO. The molecule has 1 saturated carbocycles. The standard InChI is InChI=1S/C11H12F3NO/c12-11(13,14)16-9-3-1-7(2-4-9)10-5-8(10)6-15/h1-4,8,10H,5-6,15H2/t8-,10-/m0/s1. The Labute approximate surface area is 91.2 Å². The molecule has 0 heterocycles. The summed E-state index contributed by atoms with van der Waals surface area (Å²) in [6, 6.07) is 6.02. The Balaban J connectivity index is 2.00. The molecule has 5 heteroatoms. The van der Waals surface area contributed by atoms with Gasteiger partial charge < -0.3 is 10.5 Å². The highest BCUT2D eigenvalue weighted by Gasteiger charge is 2.37. The highest BCUT2D eigenvalue weighted by Crippen LogP contribution is 2.46. The zero-order chi connectivity index (χ0) is 11.8. The molecule has 0 aliphatic heterocycles. The van der Waals surface area contributed by atoms with Crippen LogP contribution in [0.4, 0.5) is 13.2 Å². The summed E-state index contributed by atoms with van der Waals surface area (Å²) in [6.45, 7) is 0.630. The Bertz CT molecular complexity index is 360. The molecule has 88 valence electrons. The number of nitrogens with two attached hydrogens (primary N) is 1. The van der Waals surface area contributed by atoms with Crippen LogP contribution in [0.5, 0.6) is 5.75 Å². The third-order valence-corrected chi connectivity index (χ3v) is 2.77. The molecule has 2 nitrogen and oxygen atoms in total. The maximum Gasteiger partial charge on any atom is 0.573 e. The van der Waals surface area contributed by atoms with Gasteiger partial charge in [0.1, 0.15) is 5.75 Å². The Kier molecular flexibility index (Phi) is 2.80. The molecule has 0 saturated heterocycles. The molecule has 1 aliphatic carbocycles. The van der Waals surface area contributed by atoms with E-state index in [-0.39, 0.29) is 5.75 Å². The number of alkyl halides is 3. The lowest BCUT2D eigenvalue weighted by atomic mass is 10.1. The highest BCUT2D eigenvalue weighted by molar-refractivity contribution is 5.32. The lowest BCUT2D eigenvalue weighted by molar-refractivity contribution is -0.274. The minimum absolute atomic E-state index is 0.179. The quantitative estimate of drug-likeness (QED) is 0.867. The minimum Gasteiger partial charge on any atom is -0.406 e. The van der Waals surface area contributed by atoms with Gasteiger partial charge in [0.2, 0.25) is 0 Å². The molecule has 0 radical (unpaired) electrons. The van der Waals surface area contributed by atoms with Crippen molar-refractivity contribution >= 4 is 0 Å². The number of ether oxygens (including phenoxy) is 1. The van der Waals surface area contributed by atoms with Crippen molar-refractivity contribution in [2.24, 2.45) is 11.7 Å². The van der Waals surface area contributed by atoms with E-state index in [1.54, 1.807) is 12.1 Å². The van der Waals surface area contributed by atoms with Gasteiger partial charge in [-0.25, -0.2) is 0 Å². The average molecular weight is 231 g/mol. The number of rotatable bonds is 3. The van der Waals surface area contributed by atoms with Gasteiger partial charge in [-0.15, -0.1) is 13.2 Å². The number of benzene rings is 1. The van der Waals surface area contributed by atoms with Crippen LogP contribution in [-0.2, 0) is 0 Å².